The van der Waals surface area contributed by atoms with Gasteiger partial charge in [0.05, 0.1) is 16.8 Å². The summed E-state index contributed by atoms with van der Waals surface area (Å²) < 4.78 is 12.9. The van der Waals surface area contributed by atoms with E-state index in [0.29, 0.717) is 26.3 Å². The zero-order valence-electron chi connectivity index (χ0n) is 16.2. The number of rotatable bonds is 9. The van der Waals surface area contributed by atoms with Crippen molar-refractivity contribution in [3.63, 3.8) is 0 Å². The van der Waals surface area contributed by atoms with E-state index in [1.807, 2.05) is 43.3 Å². The second kappa shape index (κ2) is 10.2. The van der Waals surface area contributed by atoms with Gasteiger partial charge in [0, 0.05) is 19.3 Å². The molecule has 5 heteroatoms. The van der Waals surface area contributed by atoms with Crippen LogP contribution in [0.5, 0.6) is 11.5 Å². The molecule has 0 atom stereocenters. The van der Waals surface area contributed by atoms with E-state index in [0.717, 1.165) is 32.8 Å². The molecule has 1 heterocycles. The molecular weight excluding hydrogens is 416 g/mol. The Morgan fingerprint density at radius 2 is 1.82 bits per heavy atom. The number of hydrogen-bond acceptors (Lipinski definition) is 4. The quantitative estimate of drug-likeness (QED) is 0.482. The van der Waals surface area contributed by atoms with Crippen LogP contribution in [0.1, 0.15) is 29.3 Å². The molecule has 0 amide bonds. The average molecular weight is 441 g/mol. The SMILES string of the molecule is CCOc1cc(CNCc2ccccn2)cc(Br)c1OCc1ccccc1C. The minimum Gasteiger partial charge on any atom is -0.490 e. The Bertz CT molecular complexity index is 900. The first-order valence-corrected chi connectivity index (χ1v) is 10.2. The van der Waals surface area contributed by atoms with Crippen LogP contribution in [-0.2, 0) is 19.7 Å². The standard InChI is InChI=1S/C23H25BrN2O2/c1-3-27-22-13-18(14-25-15-20-10-6-7-11-26-20)12-21(24)23(22)28-16-19-9-5-4-8-17(19)2/h4-13,25H,3,14-16H2,1-2H3. The average Bonchev–Trinajstić information content (AvgIpc) is 2.70. The van der Waals surface area contributed by atoms with Crippen molar-refractivity contribution in [1.82, 2.24) is 10.3 Å². The number of aryl methyl sites for hydroxylation is 1. The van der Waals surface area contributed by atoms with E-state index in [4.69, 9.17) is 9.47 Å². The van der Waals surface area contributed by atoms with E-state index < -0.39 is 0 Å². The lowest BCUT2D eigenvalue weighted by Gasteiger charge is -2.16. The van der Waals surface area contributed by atoms with Gasteiger partial charge in [-0.05, 0) is 70.7 Å². The molecule has 1 aromatic heterocycles. The van der Waals surface area contributed by atoms with Gasteiger partial charge in [0.25, 0.3) is 0 Å². The van der Waals surface area contributed by atoms with Gasteiger partial charge in [-0.3, -0.25) is 4.98 Å². The summed E-state index contributed by atoms with van der Waals surface area (Å²) in [4.78, 5) is 4.33. The van der Waals surface area contributed by atoms with Gasteiger partial charge in [0.1, 0.15) is 6.61 Å². The smallest absolute Gasteiger partial charge is 0.175 e. The Balaban J connectivity index is 1.69. The molecule has 0 radical (unpaired) electrons. The normalized spacial score (nSPS) is 10.7. The molecule has 0 aliphatic carbocycles. The Hall–Kier alpha value is -2.37. The lowest BCUT2D eigenvalue weighted by Crippen LogP contribution is -2.14. The van der Waals surface area contributed by atoms with E-state index in [9.17, 15) is 0 Å². The molecule has 2 aromatic carbocycles. The predicted octanol–water partition coefficient (Wildman–Crippen LogP) is 5.42. The molecule has 4 nitrogen and oxygen atoms in total. The van der Waals surface area contributed by atoms with Crippen LogP contribution in [0.25, 0.3) is 0 Å². The molecule has 0 fully saturated rings. The molecule has 146 valence electrons. The molecule has 3 rings (SSSR count). The summed E-state index contributed by atoms with van der Waals surface area (Å²) in [5.74, 6) is 1.48. The lowest BCUT2D eigenvalue weighted by molar-refractivity contribution is 0.267. The van der Waals surface area contributed by atoms with Crippen LogP contribution in [0.15, 0.2) is 65.3 Å². The number of benzene rings is 2. The van der Waals surface area contributed by atoms with E-state index in [-0.39, 0.29) is 0 Å². The minimum atomic E-state index is 0.503. The summed E-state index contributed by atoms with van der Waals surface area (Å²) in [7, 11) is 0. The van der Waals surface area contributed by atoms with Crippen molar-refractivity contribution in [2.24, 2.45) is 0 Å². The summed E-state index contributed by atoms with van der Waals surface area (Å²) in [6.07, 6.45) is 1.81. The Kier molecular flexibility index (Phi) is 7.46. The molecule has 0 bridgehead atoms. The topological polar surface area (TPSA) is 43.4 Å². The van der Waals surface area contributed by atoms with Crippen LogP contribution in [0, 0.1) is 6.92 Å². The van der Waals surface area contributed by atoms with Gasteiger partial charge >= 0.3 is 0 Å². The summed E-state index contributed by atoms with van der Waals surface area (Å²) >= 11 is 3.65. The molecule has 0 saturated carbocycles. The fourth-order valence-corrected chi connectivity index (χ4v) is 3.49. The maximum Gasteiger partial charge on any atom is 0.175 e. The number of nitrogens with one attached hydrogen (secondary N) is 1. The van der Waals surface area contributed by atoms with Gasteiger partial charge in [0.15, 0.2) is 11.5 Å². The number of aromatic nitrogens is 1. The highest BCUT2D eigenvalue weighted by Crippen LogP contribution is 2.37. The van der Waals surface area contributed by atoms with Crippen LogP contribution in [0.3, 0.4) is 0 Å². The van der Waals surface area contributed by atoms with Crippen molar-refractivity contribution in [3.8, 4) is 11.5 Å². The third-order valence-electron chi connectivity index (χ3n) is 4.36. The van der Waals surface area contributed by atoms with Crippen molar-refractivity contribution in [2.75, 3.05) is 6.61 Å². The molecule has 0 spiro atoms. The van der Waals surface area contributed by atoms with Crippen molar-refractivity contribution >= 4 is 15.9 Å². The Labute approximate surface area is 175 Å². The Morgan fingerprint density at radius 3 is 2.57 bits per heavy atom. The molecule has 1 N–H and O–H groups in total. The van der Waals surface area contributed by atoms with Gasteiger partial charge in [-0.1, -0.05) is 30.3 Å². The van der Waals surface area contributed by atoms with Crippen LogP contribution >= 0.6 is 15.9 Å². The first-order valence-electron chi connectivity index (χ1n) is 9.40. The molecule has 0 aliphatic rings. The number of pyridine rings is 1. The third kappa shape index (κ3) is 5.57. The number of ether oxygens (including phenoxy) is 2. The molecule has 28 heavy (non-hydrogen) atoms. The van der Waals surface area contributed by atoms with Crippen molar-refractivity contribution in [1.29, 1.82) is 0 Å². The first-order chi connectivity index (χ1) is 13.7. The lowest BCUT2D eigenvalue weighted by atomic mass is 10.1. The maximum absolute atomic E-state index is 6.11. The van der Waals surface area contributed by atoms with E-state index in [2.05, 4.69) is 51.4 Å². The van der Waals surface area contributed by atoms with Crippen LogP contribution in [-0.4, -0.2) is 11.6 Å². The van der Waals surface area contributed by atoms with Gasteiger partial charge in [0.2, 0.25) is 0 Å². The largest absolute Gasteiger partial charge is 0.490 e. The highest BCUT2D eigenvalue weighted by atomic mass is 79.9. The molecule has 0 aliphatic heterocycles. The van der Waals surface area contributed by atoms with Crippen molar-refractivity contribution in [2.45, 2.75) is 33.5 Å². The number of halogens is 1. The van der Waals surface area contributed by atoms with Crippen molar-refractivity contribution < 1.29 is 9.47 Å². The third-order valence-corrected chi connectivity index (χ3v) is 4.95. The van der Waals surface area contributed by atoms with Crippen molar-refractivity contribution in [3.05, 3.63) is 87.7 Å². The van der Waals surface area contributed by atoms with Gasteiger partial charge in [-0.25, -0.2) is 0 Å². The predicted molar refractivity (Wildman–Crippen MR) is 116 cm³/mol. The van der Waals surface area contributed by atoms with E-state index in [1.165, 1.54) is 5.56 Å². The zero-order chi connectivity index (χ0) is 19.8. The maximum atomic E-state index is 6.11. The second-order valence-electron chi connectivity index (χ2n) is 6.48. The monoisotopic (exact) mass is 440 g/mol. The Morgan fingerprint density at radius 1 is 1.00 bits per heavy atom. The fraction of sp³-hybridized carbons (Fsp3) is 0.261. The number of hydrogen-bond donors (Lipinski definition) is 1. The van der Waals surface area contributed by atoms with Crippen LogP contribution in [0.4, 0.5) is 0 Å². The zero-order valence-corrected chi connectivity index (χ0v) is 17.8. The van der Waals surface area contributed by atoms with Gasteiger partial charge in [-0.2, -0.15) is 0 Å². The fourth-order valence-electron chi connectivity index (χ4n) is 2.89. The van der Waals surface area contributed by atoms with Crippen LogP contribution < -0.4 is 14.8 Å². The molecule has 3 aromatic rings. The highest BCUT2D eigenvalue weighted by Gasteiger charge is 2.13. The highest BCUT2D eigenvalue weighted by molar-refractivity contribution is 9.10. The summed E-state index contributed by atoms with van der Waals surface area (Å²) in [6.45, 7) is 6.58. The van der Waals surface area contributed by atoms with Gasteiger partial charge in [-0.15, -0.1) is 0 Å². The minimum absolute atomic E-state index is 0.503. The molecule has 0 unspecified atom stereocenters. The van der Waals surface area contributed by atoms with E-state index in [1.54, 1.807) is 6.20 Å². The van der Waals surface area contributed by atoms with E-state index >= 15 is 0 Å². The first kappa shape index (κ1) is 20.4. The summed E-state index contributed by atoms with van der Waals surface area (Å²) in [6, 6.07) is 18.3. The van der Waals surface area contributed by atoms with Crippen LogP contribution in [0.2, 0.25) is 0 Å². The van der Waals surface area contributed by atoms with Gasteiger partial charge < -0.3 is 14.8 Å². The number of nitrogens with zero attached hydrogens (tertiary/aromatic N) is 1. The molecular formula is C23H25BrN2O2. The second-order valence-corrected chi connectivity index (χ2v) is 7.33. The summed E-state index contributed by atoms with van der Waals surface area (Å²) in [5, 5.41) is 3.42. The molecule has 0 saturated heterocycles. The summed E-state index contributed by atoms with van der Waals surface area (Å²) in [5.41, 5.74) is 4.52.